The van der Waals surface area contributed by atoms with Gasteiger partial charge in [-0.3, -0.25) is 0 Å². The average Bonchev–Trinajstić information content (AvgIpc) is 1.65. The van der Waals surface area contributed by atoms with Crippen molar-refractivity contribution in [3.05, 3.63) is 13.5 Å². The Morgan fingerprint density at radius 2 is 2.50 bits per heavy atom. The summed E-state index contributed by atoms with van der Waals surface area (Å²) in [5.74, 6) is 0.116. The first-order chi connectivity index (χ1) is 2.81. The number of aliphatic hydroxyl groups excluding tert-OH is 1. The SMILES string of the molecule is [CH2]C([CH]O)CC. The third-order valence-corrected chi connectivity index (χ3v) is 0.735. The molecule has 0 amide bonds. The fourth-order valence-corrected chi connectivity index (χ4v) is 0.105. The Morgan fingerprint density at radius 1 is 2.00 bits per heavy atom. The van der Waals surface area contributed by atoms with Gasteiger partial charge < -0.3 is 5.11 Å². The van der Waals surface area contributed by atoms with E-state index in [2.05, 4.69) is 6.92 Å². The van der Waals surface area contributed by atoms with Crippen LogP contribution in [0.3, 0.4) is 0 Å². The molecule has 0 aromatic carbocycles. The van der Waals surface area contributed by atoms with Crippen LogP contribution in [0.5, 0.6) is 0 Å². The van der Waals surface area contributed by atoms with Crippen LogP contribution in [0, 0.1) is 19.4 Å². The summed E-state index contributed by atoms with van der Waals surface area (Å²) >= 11 is 0. The zero-order valence-corrected chi connectivity index (χ0v) is 4.02. The highest BCUT2D eigenvalue weighted by Crippen LogP contribution is 1.99. The summed E-state index contributed by atoms with van der Waals surface area (Å²) in [6, 6.07) is 0. The smallest absolute Gasteiger partial charge is 0.0829 e. The van der Waals surface area contributed by atoms with Gasteiger partial charge in [-0.05, 0) is 12.8 Å². The highest BCUT2D eigenvalue weighted by molar-refractivity contribution is 4.64. The summed E-state index contributed by atoms with van der Waals surface area (Å²) in [5, 5.41) is 8.15. The summed E-state index contributed by atoms with van der Waals surface area (Å²) in [7, 11) is 0. The predicted molar refractivity (Wildman–Crippen MR) is 25.4 cm³/mol. The summed E-state index contributed by atoms with van der Waals surface area (Å²) in [4.78, 5) is 0. The minimum atomic E-state index is 0.116. The number of hydrogen-bond donors (Lipinski definition) is 1. The molecule has 1 atom stereocenters. The van der Waals surface area contributed by atoms with Crippen LogP contribution in [-0.2, 0) is 0 Å². The highest BCUT2D eigenvalue weighted by Gasteiger charge is 1.91. The molecular weight excluding hydrogens is 76.1 g/mol. The lowest BCUT2D eigenvalue weighted by atomic mass is 10.1. The van der Waals surface area contributed by atoms with Crippen LogP contribution < -0.4 is 0 Å². The van der Waals surface area contributed by atoms with Crippen LogP contribution in [0.25, 0.3) is 0 Å². The van der Waals surface area contributed by atoms with Gasteiger partial charge in [-0.15, -0.1) is 0 Å². The van der Waals surface area contributed by atoms with Gasteiger partial charge in [0.1, 0.15) is 0 Å². The molecule has 0 spiro atoms. The first-order valence-corrected chi connectivity index (χ1v) is 2.12. The Kier molecular flexibility index (Phi) is 3.14. The van der Waals surface area contributed by atoms with Crippen molar-refractivity contribution in [1.82, 2.24) is 0 Å². The van der Waals surface area contributed by atoms with Crippen molar-refractivity contribution in [3.63, 3.8) is 0 Å². The first-order valence-electron chi connectivity index (χ1n) is 2.12. The van der Waals surface area contributed by atoms with Gasteiger partial charge in [0, 0.05) is 0 Å². The van der Waals surface area contributed by atoms with E-state index in [1.54, 1.807) is 0 Å². The van der Waals surface area contributed by atoms with Gasteiger partial charge in [-0.25, -0.2) is 0 Å². The standard InChI is InChI=1S/C5H10O/c1-3-5(2)4-6/h4-6H,2-3H2,1H3. The molecule has 2 radical (unpaired) electrons. The Labute approximate surface area is 39.0 Å². The van der Waals surface area contributed by atoms with E-state index < -0.39 is 0 Å². The van der Waals surface area contributed by atoms with Crippen molar-refractivity contribution in [2.45, 2.75) is 13.3 Å². The topological polar surface area (TPSA) is 20.2 Å². The van der Waals surface area contributed by atoms with Gasteiger partial charge in [-0.2, -0.15) is 0 Å². The molecule has 36 valence electrons. The van der Waals surface area contributed by atoms with Gasteiger partial charge in [0.15, 0.2) is 0 Å². The maximum absolute atomic E-state index is 8.15. The van der Waals surface area contributed by atoms with Crippen LogP contribution in [0.4, 0.5) is 0 Å². The van der Waals surface area contributed by atoms with Crippen molar-refractivity contribution in [2.24, 2.45) is 5.92 Å². The zero-order valence-electron chi connectivity index (χ0n) is 4.02. The Hall–Kier alpha value is -0.0400. The third-order valence-electron chi connectivity index (χ3n) is 0.735. The maximum atomic E-state index is 8.15. The van der Waals surface area contributed by atoms with Crippen molar-refractivity contribution >= 4 is 0 Å². The molecule has 0 aliphatic carbocycles. The molecule has 0 rings (SSSR count). The third kappa shape index (κ3) is 2.21. The molecule has 0 aliphatic heterocycles. The summed E-state index contributed by atoms with van der Waals surface area (Å²) in [6.07, 6.45) is 0.913. The lowest BCUT2D eigenvalue weighted by molar-refractivity contribution is 0.336. The van der Waals surface area contributed by atoms with Gasteiger partial charge in [0.25, 0.3) is 0 Å². The molecule has 1 heteroatoms. The van der Waals surface area contributed by atoms with Gasteiger partial charge in [0.2, 0.25) is 0 Å². The van der Waals surface area contributed by atoms with E-state index in [1.807, 2.05) is 6.92 Å². The van der Waals surface area contributed by atoms with Crippen LogP contribution in [0.15, 0.2) is 0 Å². The molecule has 1 unspecified atom stereocenters. The molecule has 0 saturated heterocycles. The highest BCUT2D eigenvalue weighted by atomic mass is 16.3. The molecule has 6 heavy (non-hydrogen) atoms. The van der Waals surface area contributed by atoms with Crippen molar-refractivity contribution in [2.75, 3.05) is 0 Å². The zero-order chi connectivity index (χ0) is 4.99. The molecular formula is C5H10O. The van der Waals surface area contributed by atoms with E-state index in [0.717, 1.165) is 13.0 Å². The fourth-order valence-electron chi connectivity index (χ4n) is 0.105. The number of hydrogen-bond acceptors (Lipinski definition) is 1. The van der Waals surface area contributed by atoms with Crippen LogP contribution in [0.2, 0.25) is 0 Å². The van der Waals surface area contributed by atoms with Gasteiger partial charge >= 0.3 is 0 Å². The largest absolute Gasteiger partial charge is 0.390 e. The molecule has 0 bridgehead atoms. The second-order valence-electron chi connectivity index (χ2n) is 1.32. The molecule has 0 aliphatic rings. The first kappa shape index (κ1) is 5.96. The normalized spacial score (nSPS) is 14.5. The van der Waals surface area contributed by atoms with Crippen LogP contribution >= 0.6 is 0 Å². The fraction of sp³-hybridized carbons (Fsp3) is 0.600. The van der Waals surface area contributed by atoms with Crippen molar-refractivity contribution in [1.29, 1.82) is 0 Å². The quantitative estimate of drug-likeness (QED) is 0.538. The monoisotopic (exact) mass is 86.1 g/mol. The van der Waals surface area contributed by atoms with Crippen LogP contribution in [-0.4, -0.2) is 5.11 Å². The molecule has 1 N–H and O–H groups in total. The van der Waals surface area contributed by atoms with Gasteiger partial charge in [0.05, 0.1) is 6.61 Å². The average molecular weight is 86.1 g/mol. The van der Waals surface area contributed by atoms with E-state index in [1.165, 1.54) is 0 Å². The summed E-state index contributed by atoms with van der Waals surface area (Å²) in [6.45, 7) is 6.66. The second kappa shape index (κ2) is 3.16. The molecule has 0 fully saturated rings. The summed E-state index contributed by atoms with van der Waals surface area (Å²) < 4.78 is 0. The molecule has 0 saturated carbocycles. The Morgan fingerprint density at radius 3 is 2.50 bits per heavy atom. The lowest BCUT2D eigenvalue weighted by Gasteiger charge is -1.96. The predicted octanol–water partition coefficient (Wildman–Crippen LogP) is 1.38. The molecule has 0 aromatic heterocycles. The van der Waals surface area contributed by atoms with Gasteiger partial charge in [-0.1, -0.05) is 13.3 Å². The van der Waals surface area contributed by atoms with Crippen molar-refractivity contribution in [3.8, 4) is 0 Å². The van der Waals surface area contributed by atoms with E-state index >= 15 is 0 Å². The Bertz CT molecular complexity index is 23.1. The van der Waals surface area contributed by atoms with E-state index in [-0.39, 0.29) is 5.92 Å². The van der Waals surface area contributed by atoms with E-state index in [4.69, 9.17) is 5.11 Å². The number of aliphatic hydroxyl groups is 1. The Balaban J connectivity index is 2.75. The lowest BCUT2D eigenvalue weighted by Crippen LogP contribution is -1.89. The molecule has 0 aromatic rings. The molecule has 1 nitrogen and oxygen atoms in total. The maximum Gasteiger partial charge on any atom is 0.0829 e. The minimum absolute atomic E-state index is 0.116. The van der Waals surface area contributed by atoms with Crippen molar-refractivity contribution < 1.29 is 5.11 Å². The minimum Gasteiger partial charge on any atom is -0.390 e. The van der Waals surface area contributed by atoms with E-state index in [9.17, 15) is 0 Å². The molecule has 0 heterocycles. The van der Waals surface area contributed by atoms with E-state index in [0.29, 0.717) is 0 Å². The second-order valence-corrected chi connectivity index (χ2v) is 1.32. The summed E-state index contributed by atoms with van der Waals surface area (Å²) in [5.41, 5.74) is 0. The van der Waals surface area contributed by atoms with Crippen LogP contribution in [0.1, 0.15) is 13.3 Å². The number of rotatable bonds is 2.